The Morgan fingerprint density at radius 1 is 1.50 bits per heavy atom. The van der Waals surface area contributed by atoms with Crippen LogP contribution < -0.4 is 5.73 Å². The van der Waals surface area contributed by atoms with Crippen LogP contribution in [0.4, 0.5) is 5.69 Å². The first kappa shape index (κ1) is 14.8. The average molecular weight is 287 g/mol. The van der Waals surface area contributed by atoms with Crippen molar-refractivity contribution in [2.75, 3.05) is 18.8 Å². The zero-order chi connectivity index (χ0) is 13.9. The second-order valence-electron chi connectivity index (χ2n) is 3.75. The molecule has 0 bridgehead atoms. The molecule has 0 heterocycles. The maximum atomic E-state index is 12.3. The van der Waals surface area contributed by atoms with Crippen molar-refractivity contribution in [3.63, 3.8) is 0 Å². The molecule has 4 nitrogen and oxygen atoms in total. The van der Waals surface area contributed by atoms with E-state index < -0.39 is 10.0 Å². The molecule has 0 aliphatic carbocycles. The topological polar surface area (TPSA) is 63.4 Å². The van der Waals surface area contributed by atoms with E-state index in [2.05, 4.69) is 5.92 Å². The van der Waals surface area contributed by atoms with Gasteiger partial charge in [0.25, 0.3) is 0 Å². The van der Waals surface area contributed by atoms with E-state index in [1.54, 1.807) is 13.8 Å². The van der Waals surface area contributed by atoms with E-state index in [1.807, 2.05) is 0 Å². The van der Waals surface area contributed by atoms with Gasteiger partial charge < -0.3 is 5.73 Å². The minimum absolute atomic E-state index is 0.0181. The molecule has 6 heteroatoms. The highest BCUT2D eigenvalue weighted by molar-refractivity contribution is 7.89. The molecule has 0 spiro atoms. The normalized spacial score (nSPS) is 11.5. The first-order valence-electron chi connectivity index (χ1n) is 5.33. The largest absolute Gasteiger partial charge is 0.398 e. The number of rotatable bonds is 4. The number of hydrogen-bond donors (Lipinski definition) is 1. The lowest BCUT2D eigenvalue weighted by Crippen LogP contribution is -2.31. The smallest absolute Gasteiger partial charge is 0.244 e. The standard InChI is InChI=1S/C12H15ClN2O2S/c1-4-6-15(5-2)18(16,17)10-7-11(13)9(3)12(14)8-10/h1,7-8H,5-6,14H2,2-3H3. The van der Waals surface area contributed by atoms with Crippen LogP contribution >= 0.6 is 11.6 Å². The van der Waals surface area contributed by atoms with Gasteiger partial charge in [-0.3, -0.25) is 0 Å². The van der Waals surface area contributed by atoms with E-state index in [0.29, 0.717) is 16.3 Å². The van der Waals surface area contributed by atoms with E-state index in [-0.39, 0.29) is 18.0 Å². The number of terminal acetylenes is 1. The summed E-state index contributed by atoms with van der Waals surface area (Å²) in [6.07, 6.45) is 5.16. The number of nitrogens with zero attached hydrogens (tertiary/aromatic N) is 1. The van der Waals surface area contributed by atoms with Crippen LogP contribution in [-0.4, -0.2) is 25.8 Å². The van der Waals surface area contributed by atoms with Gasteiger partial charge in [0.15, 0.2) is 0 Å². The number of anilines is 1. The first-order chi connectivity index (χ1) is 8.34. The molecule has 98 valence electrons. The lowest BCUT2D eigenvalue weighted by molar-refractivity contribution is 0.464. The molecule has 0 saturated heterocycles. The molecule has 0 fully saturated rings. The highest BCUT2D eigenvalue weighted by Gasteiger charge is 2.23. The molecule has 0 unspecified atom stereocenters. The van der Waals surface area contributed by atoms with Gasteiger partial charge in [-0.05, 0) is 24.6 Å². The van der Waals surface area contributed by atoms with Crippen LogP contribution in [0.1, 0.15) is 12.5 Å². The summed E-state index contributed by atoms with van der Waals surface area (Å²) in [7, 11) is -3.65. The van der Waals surface area contributed by atoms with Gasteiger partial charge in [-0.2, -0.15) is 4.31 Å². The number of hydrogen-bond acceptors (Lipinski definition) is 3. The predicted octanol–water partition coefficient (Wildman–Crippen LogP) is 1.87. The van der Waals surface area contributed by atoms with Gasteiger partial charge in [-0.1, -0.05) is 24.4 Å². The lowest BCUT2D eigenvalue weighted by Gasteiger charge is -2.18. The average Bonchev–Trinajstić information content (AvgIpc) is 2.31. The molecule has 0 radical (unpaired) electrons. The Labute approximate surface area is 113 Å². The van der Waals surface area contributed by atoms with E-state index in [9.17, 15) is 8.42 Å². The number of nitrogens with two attached hydrogens (primary N) is 1. The van der Waals surface area contributed by atoms with Crippen molar-refractivity contribution in [3.05, 3.63) is 22.7 Å². The van der Waals surface area contributed by atoms with Gasteiger partial charge in [0.1, 0.15) is 0 Å². The molecule has 0 saturated carbocycles. The fourth-order valence-electron chi connectivity index (χ4n) is 1.44. The van der Waals surface area contributed by atoms with Crippen molar-refractivity contribution in [1.82, 2.24) is 4.31 Å². The molecule has 1 aromatic carbocycles. The zero-order valence-corrected chi connectivity index (χ0v) is 11.8. The van der Waals surface area contributed by atoms with Gasteiger partial charge in [0.05, 0.1) is 11.4 Å². The zero-order valence-electron chi connectivity index (χ0n) is 10.3. The highest BCUT2D eigenvalue weighted by atomic mass is 35.5. The second kappa shape index (κ2) is 5.61. The van der Waals surface area contributed by atoms with Crippen LogP contribution in [0.15, 0.2) is 17.0 Å². The summed E-state index contributed by atoms with van der Waals surface area (Å²) in [5.74, 6) is 2.32. The van der Waals surface area contributed by atoms with Gasteiger partial charge in [0.2, 0.25) is 10.0 Å². The molecule has 1 rings (SSSR count). The summed E-state index contributed by atoms with van der Waals surface area (Å²) >= 11 is 5.95. The van der Waals surface area contributed by atoms with Crippen molar-refractivity contribution < 1.29 is 8.42 Å². The molecular formula is C12H15ClN2O2S. The number of sulfonamides is 1. The monoisotopic (exact) mass is 286 g/mol. The maximum Gasteiger partial charge on any atom is 0.244 e. The quantitative estimate of drug-likeness (QED) is 0.679. The van der Waals surface area contributed by atoms with Crippen molar-refractivity contribution in [1.29, 1.82) is 0 Å². The summed E-state index contributed by atoms with van der Waals surface area (Å²) < 4.78 is 25.8. The minimum Gasteiger partial charge on any atom is -0.398 e. The van der Waals surface area contributed by atoms with Crippen LogP contribution in [0, 0.1) is 19.3 Å². The van der Waals surface area contributed by atoms with Gasteiger partial charge >= 0.3 is 0 Å². The van der Waals surface area contributed by atoms with Gasteiger partial charge in [-0.25, -0.2) is 8.42 Å². The third-order valence-electron chi connectivity index (χ3n) is 2.62. The molecule has 0 aliphatic heterocycles. The van der Waals surface area contributed by atoms with E-state index in [0.717, 1.165) is 0 Å². The molecular weight excluding hydrogens is 272 g/mol. The SMILES string of the molecule is C#CCN(CC)S(=O)(=O)c1cc(N)c(C)c(Cl)c1. The summed E-state index contributed by atoms with van der Waals surface area (Å²) in [5, 5.41) is 0.324. The third kappa shape index (κ3) is 2.78. The summed E-state index contributed by atoms with van der Waals surface area (Å²) in [6.45, 7) is 3.75. The molecule has 2 N–H and O–H groups in total. The van der Waals surface area contributed by atoms with Crippen molar-refractivity contribution in [2.45, 2.75) is 18.7 Å². The summed E-state index contributed by atoms with van der Waals surface area (Å²) in [4.78, 5) is 0.0627. The molecule has 0 aliphatic rings. The van der Waals surface area contributed by atoms with E-state index in [1.165, 1.54) is 16.4 Å². The Bertz CT molecular complexity index is 568. The number of benzene rings is 1. The predicted molar refractivity (Wildman–Crippen MR) is 73.9 cm³/mol. The third-order valence-corrected chi connectivity index (χ3v) is 4.91. The van der Waals surface area contributed by atoms with Crippen LogP contribution in [0.25, 0.3) is 0 Å². The second-order valence-corrected chi connectivity index (χ2v) is 6.10. The molecule has 0 amide bonds. The van der Waals surface area contributed by atoms with Crippen molar-refractivity contribution in [3.8, 4) is 12.3 Å². The first-order valence-corrected chi connectivity index (χ1v) is 7.15. The van der Waals surface area contributed by atoms with Crippen LogP contribution in [0.3, 0.4) is 0 Å². The number of halogens is 1. The Morgan fingerprint density at radius 3 is 2.56 bits per heavy atom. The highest BCUT2D eigenvalue weighted by Crippen LogP contribution is 2.27. The molecule has 1 aromatic rings. The van der Waals surface area contributed by atoms with E-state index in [4.69, 9.17) is 23.8 Å². The minimum atomic E-state index is -3.65. The van der Waals surface area contributed by atoms with Crippen LogP contribution in [0.2, 0.25) is 5.02 Å². The Kier molecular flexibility index (Phi) is 4.63. The summed E-state index contributed by atoms with van der Waals surface area (Å²) in [6, 6.07) is 2.79. The van der Waals surface area contributed by atoms with Crippen LogP contribution in [0.5, 0.6) is 0 Å². The number of nitrogen functional groups attached to an aromatic ring is 1. The molecule has 18 heavy (non-hydrogen) atoms. The fourth-order valence-corrected chi connectivity index (χ4v) is 3.16. The molecule has 0 atom stereocenters. The molecule has 0 aromatic heterocycles. The van der Waals surface area contributed by atoms with Gasteiger partial charge in [-0.15, -0.1) is 6.42 Å². The Morgan fingerprint density at radius 2 is 2.11 bits per heavy atom. The van der Waals surface area contributed by atoms with Gasteiger partial charge in [0, 0.05) is 17.3 Å². The summed E-state index contributed by atoms with van der Waals surface area (Å²) in [5.41, 5.74) is 6.73. The Balaban J connectivity index is 3.33. The lowest BCUT2D eigenvalue weighted by atomic mass is 10.2. The van der Waals surface area contributed by atoms with E-state index >= 15 is 0 Å². The van der Waals surface area contributed by atoms with Crippen molar-refractivity contribution >= 4 is 27.3 Å². The van der Waals surface area contributed by atoms with Crippen molar-refractivity contribution in [2.24, 2.45) is 0 Å². The Hall–Kier alpha value is -1.22. The fraction of sp³-hybridized carbons (Fsp3) is 0.333. The maximum absolute atomic E-state index is 12.3. The van der Waals surface area contributed by atoms with Crippen LogP contribution in [-0.2, 0) is 10.0 Å².